The smallest absolute Gasteiger partial charge is 0.271 e. The van der Waals surface area contributed by atoms with Crippen molar-refractivity contribution in [2.75, 3.05) is 0 Å². The molecule has 4 nitrogen and oxygen atoms in total. The summed E-state index contributed by atoms with van der Waals surface area (Å²) in [5, 5.41) is 9.32. The van der Waals surface area contributed by atoms with Gasteiger partial charge in [0.25, 0.3) is 5.91 Å². The second-order valence-corrected chi connectivity index (χ2v) is 3.28. The van der Waals surface area contributed by atoms with Crippen molar-refractivity contribution in [1.82, 2.24) is 15.5 Å². The average molecular weight is 202 g/mol. The number of halogens is 1. The molecule has 0 aliphatic heterocycles. The van der Waals surface area contributed by atoms with Crippen molar-refractivity contribution in [3.05, 3.63) is 16.9 Å². The summed E-state index contributed by atoms with van der Waals surface area (Å²) in [6.07, 6.45) is 2.30. The SMILES string of the molecule is CC[C@H](C)NC(=O)c1[nH]ncc1Cl. The normalized spacial score (nSPS) is 12.5. The highest BCUT2D eigenvalue weighted by molar-refractivity contribution is 6.33. The fraction of sp³-hybridized carbons (Fsp3) is 0.500. The van der Waals surface area contributed by atoms with Crippen molar-refractivity contribution in [1.29, 1.82) is 0 Å². The Kier molecular flexibility index (Phi) is 3.31. The molecule has 0 unspecified atom stereocenters. The predicted octanol–water partition coefficient (Wildman–Crippen LogP) is 1.59. The van der Waals surface area contributed by atoms with E-state index in [4.69, 9.17) is 11.6 Å². The Bertz CT molecular complexity index is 297. The summed E-state index contributed by atoms with van der Waals surface area (Å²) in [6, 6.07) is 0.145. The molecule has 1 rings (SSSR count). The second-order valence-electron chi connectivity index (χ2n) is 2.88. The number of aromatic amines is 1. The minimum Gasteiger partial charge on any atom is -0.348 e. The highest BCUT2D eigenvalue weighted by atomic mass is 35.5. The number of carbonyl (C=O) groups excluding carboxylic acids is 1. The molecule has 5 heteroatoms. The van der Waals surface area contributed by atoms with Gasteiger partial charge in [-0.2, -0.15) is 5.10 Å². The van der Waals surface area contributed by atoms with E-state index >= 15 is 0 Å². The van der Waals surface area contributed by atoms with Gasteiger partial charge < -0.3 is 5.32 Å². The molecule has 0 aliphatic rings. The van der Waals surface area contributed by atoms with E-state index < -0.39 is 0 Å². The van der Waals surface area contributed by atoms with Gasteiger partial charge in [-0.1, -0.05) is 18.5 Å². The molecule has 72 valence electrons. The molecule has 0 bridgehead atoms. The average Bonchev–Trinajstić information content (AvgIpc) is 2.51. The van der Waals surface area contributed by atoms with E-state index in [1.165, 1.54) is 6.20 Å². The van der Waals surface area contributed by atoms with E-state index in [9.17, 15) is 4.79 Å². The van der Waals surface area contributed by atoms with Crippen LogP contribution in [0.25, 0.3) is 0 Å². The minimum absolute atomic E-state index is 0.145. The lowest BCUT2D eigenvalue weighted by molar-refractivity contribution is 0.0934. The Balaban J connectivity index is 2.64. The third-order valence-corrected chi connectivity index (χ3v) is 2.10. The lowest BCUT2D eigenvalue weighted by Crippen LogP contribution is -2.32. The molecule has 1 heterocycles. The number of hydrogen-bond acceptors (Lipinski definition) is 2. The zero-order valence-electron chi connectivity index (χ0n) is 7.60. The molecule has 0 aromatic carbocycles. The van der Waals surface area contributed by atoms with Crippen molar-refractivity contribution in [2.24, 2.45) is 0 Å². The first-order chi connectivity index (χ1) is 6.15. The van der Waals surface area contributed by atoms with Crippen LogP contribution < -0.4 is 5.32 Å². The lowest BCUT2D eigenvalue weighted by atomic mass is 10.2. The number of aromatic nitrogens is 2. The van der Waals surface area contributed by atoms with Gasteiger partial charge in [0.1, 0.15) is 5.69 Å². The van der Waals surface area contributed by atoms with E-state index in [0.29, 0.717) is 10.7 Å². The summed E-state index contributed by atoms with van der Waals surface area (Å²) in [7, 11) is 0. The van der Waals surface area contributed by atoms with Gasteiger partial charge in [-0.15, -0.1) is 0 Å². The molecule has 2 N–H and O–H groups in total. The Morgan fingerprint density at radius 3 is 3.00 bits per heavy atom. The number of nitrogens with zero attached hydrogens (tertiary/aromatic N) is 1. The maximum absolute atomic E-state index is 11.4. The summed E-state index contributed by atoms with van der Waals surface area (Å²) < 4.78 is 0. The van der Waals surface area contributed by atoms with Crippen molar-refractivity contribution >= 4 is 17.5 Å². The van der Waals surface area contributed by atoms with Gasteiger partial charge in [-0.05, 0) is 13.3 Å². The van der Waals surface area contributed by atoms with Gasteiger partial charge in [-0.3, -0.25) is 9.89 Å². The monoisotopic (exact) mass is 201 g/mol. The molecule has 0 aliphatic carbocycles. The van der Waals surface area contributed by atoms with Crippen molar-refractivity contribution < 1.29 is 4.79 Å². The van der Waals surface area contributed by atoms with Gasteiger partial charge >= 0.3 is 0 Å². The van der Waals surface area contributed by atoms with Crippen LogP contribution in [0.1, 0.15) is 30.8 Å². The molecule has 0 saturated heterocycles. The largest absolute Gasteiger partial charge is 0.348 e. The first kappa shape index (κ1) is 10.1. The third kappa shape index (κ3) is 2.45. The number of H-pyrrole nitrogens is 1. The number of amides is 1. The highest BCUT2D eigenvalue weighted by Gasteiger charge is 2.13. The van der Waals surface area contributed by atoms with Crippen LogP contribution in [0.4, 0.5) is 0 Å². The van der Waals surface area contributed by atoms with Crippen LogP contribution in [0, 0.1) is 0 Å². The first-order valence-electron chi connectivity index (χ1n) is 4.14. The van der Waals surface area contributed by atoms with E-state index in [1.807, 2.05) is 13.8 Å². The highest BCUT2D eigenvalue weighted by Crippen LogP contribution is 2.11. The zero-order chi connectivity index (χ0) is 9.84. The molecule has 1 amide bonds. The molecule has 1 aromatic heterocycles. The minimum atomic E-state index is -0.211. The van der Waals surface area contributed by atoms with Crippen molar-refractivity contribution in [2.45, 2.75) is 26.3 Å². The fourth-order valence-electron chi connectivity index (χ4n) is 0.829. The van der Waals surface area contributed by atoms with E-state index in [0.717, 1.165) is 6.42 Å². The van der Waals surface area contributed by atoms with Crippen LogP contribution in [0.5, 0.6) is 0 Å². The van der Waals surface area contributed by atoms with Gasteiger partial charge in [0.2, 0.25) is 0 Å². The molecule has 0 fully saturated rings. The summed E-state index contributed by atoms with van der Waals surface area (Å²) in [5.74, 6) is -0.211. The van der Waals surface area contributed by atoms with Crippen LogP contribution in [-0.4, -0.2) is 22.1 Å². The first-order valence-corrected chi connectivity index (χ1v) is 4.52. The topological polar surface area (TPSA) is 57.8 Å². The Labute approximate surface area is 81.7 Å². The summed E-state index contributed by atoms with van der Waals surface area (Å²) in [5.41, 5.74) is 0.321. The number of hydrogen-bond donors (Lipinski definition) is 2. The second kappa shape index (κ2) is 4.28. The maximum Gasteiger partial charge on any atom is 0.271 e. The van der Waals surface area contributed by atoms with Crippen LogP contribution in [0.3, 0.4) is 0 Å². The molecule has 0 saturated carbocycles. The standard InChI is InChI=1S/C8H12ClN3O/c1-3-5(2)11-8(13)7-6(9)4-10-12-7/h4-5H,3H2,1-2H3,(H,10,12)(H,11,13)/t5-/m0/s1. The molecule has 1 aromatic rings. The molecule has 0 radical (unpaired) electrons. The number of nitrogens with one attached hydrogen (secondary N) is 2. The number of carbonyl (C=O) groups is 1. The quantitative estimate of drug-likeness (QED) is 0.781. The van der Waals surface area contributed by atoms with Crippen LogP contribution in [-0.2, 0) is 0 Å². The van der Waals surface area contributed by atoms with E-state index in [1.54, 1.807) is 0 Å². The Morgan fingerprint density at radius 2 is 2.54 bits per heavy atom. The third-order valence-electron chi connectivity index (χ3n) is 1.81. The lowest BCUT2D eigenvalue weighted by Gasteiger charge is -2.09. The van der Waals surface area contributed by atoms with E-state index in [2.05, 4.69) is 15.5 Å². The summed E-state index contributed by atoms with van der Waals surface area (Å²) in [4.78, 5) is 11.4. The zero-order valence-corrected chi connectivity index (χ0v) is 8.35. The molecule has 0 spiro atoms. The van der Waals surface area contributed by atoms with Gasteiger partial charge in [0, 0.05) is 6.04 Å². The molecule has 1 atom stereocenters. The number of rotatable bonds is 3. The molecular weight excluding hydrogens is 190 g/mol. The van der Waals surface area contributed by atoms with Gasteiger partial charge in [0.05, 0.1) is 11.2 Å². The summed E-state index contributed by atoms with van der Waals surface area (Å²) >= 11 is 5.71. The molecule has 13 heavy (non-hydrogen) atoms. The maximum atomic E-state index is 11.4. The predicted molar refractivity (Wildman–Crippen MR) is 50.8 cm³/mol. The van der Waals surface area contributed by atoms with Crippen LogP contribution in [0.2, 0.25) is 5.02 Å². The van der Waals surface area contributed by atoms with Crippen LogP contribution >= 0.6 is 11.6 Å². The molecular formula is C8H12ClN3O. The van der Waals surface area contributed by atoms with E-state index in [-0.39, 0.29) is 11.9 Å². The van der Waals surface area contributed by atoms with Gasteiger partial charge in [0.15, 0.2) is 0 Å². The van der Waals surface area contributed by atoms with Crippen molar-refractivity contribution in [3.8, 4) is 0 Å². The van der Waals surface area contributed by atoms with Gasteiger partial charge in [-0.25, -0.2) is 0 Å². The Morgan fingerprint density at radius 1 is 1.85 bits per heavy atom. The van der Waals surface area contributed by atoms with Crippen molar-refractivity contribution in [3.63, 3.8) is 0 Å². The Hall–Kier alpha value is -1.03. The van der Waals surface area contributed by atoms with Crippen LogP contribution in [0.15, 0.2) is 6.20 Å². The fourth-order valence-corrected chi connectivity index (χ4v) is 1.01. The summed E-state index contributed by atoms with van der Waals surface area (Å²) in [6.45, 7) is 3.93.